The number of hydrogen-bond donors (Lipinski definition) is 1. The molecule has 0 spiro atoms. The molecule has 2 atom stereocenters. The van der Waals surface area contributed by atoms with Gasteiger partial charge < -0.3 is 19.7 Å². The molecule has 2 aliphatic rings. The summed E-state index contributed by atoms with van der Waals surface area (Å²) in [6.07, 6.45) is 3.27. The van der Waals surface area contributed by atoms with Gasteiger partial charge in [0.05, 0.1) is 14.2 Å². The average Bonchev–Trinajstić information content (AvgIpc) is 3.03. The molecular weight excluding hydrogens is 387 g/mol. The van der Waals surface area contributed by atoms with Crippen molar-refractivity contribution in [3.63, 3.8) is 0 Å². The summed E-state index contributed by atoms with van der Waals surface area (Å²) in [7, 11) is 3.11. The molecule has 2 bridgehead atoms. The topological polar surface area (TPSA) is 67.9 Å². The molecule has 0 saturated carbocycles. The molecule has 2 amide bonds. The van der Waals surface area contributed by atoms with Crippen molar-refractivity contribution in [1.82, 2.24) is 10.2 Å². The number of ether oxygens (including phenoxy) is 2. The predicted molar refractivity (Wildman–Crippen MR) is 109 cm³/mol. The second-order valence-corrected chi connectivity index (χ2v) is 7.82. The molecule has 30 heavy (non-hydrogen) atoms. The smallest absolute Gasteiger partial charge is 0.254 e. The number of methoxy groups -OCH3 is 2. The van der Waals surface area contributed by atoms with E-state index in [9.17, 15) is 14.0 Å². The van der Waals surface area contributed by atoms with Crippen LogP contribution < -0.4 is 14.8 Å². The summed E-state index contributed by atoms with van der Waals surface area (Å²) in [6.45, 7) is 0. The second kappa shape index (κ2) is 8.34. The molecule has 2 aliphatic heterocycles. The zero-order valence-electron chi connectivity index (χ0n) is 17.1. The lowest BCUT2D eigenvalue weighted by Gasteiger charge is -2.39. The highest BCUT2D eigenvalue weighted by Gasteiger charge is 2.43. The third-order valence-corrected chi connectivity index (χ3v) is 6.04. The molecule has 0 radical (unpaired) electrons. The van der Waals surface area contributed by atoms with Gasteiger partial charge in [-0.25, -0.2) is 4.39 Å². The number of nitrogens with one attached hydrogen (secondary N) is 1. The summed E-state index contributed by atoms with van der Waals surface area (Å²) in [5.41, 5.74) is 1.01. The first-order chi connectivity index (χ1) is 14.5. The third kappa shape index (κ3) is 3.84. The monoisotopic (exact) mass is 412 g/mol. The van der Waals surface area contributed by atoms with E-state index in [1.165, 1.54) is 24.3 Å². The number of carbonyl (C=O) groups is 2. The van der Waals surface area contributed by atoms with E-state index in [1.807, 2.05) is 4.90 Å². The number of carbonyl (C=O) groups excluding carboxylic acids is 2. The molecule has 0 aromatic heterocycles. The summed E-state index contributed by atoms with van der Waals surface area (Å²) >= 11 is 0. The minimum atomic E-state index is -0.369. The van der Waals surface area contributed by atoms with E-state index in [4.69, 9.17) is 9.47 Å². The first kappa shape index (κ1) is 20.2. The van der Waals surface area contributed by atoms with Gasteiger partial charge in [0.1, 0.15) is 5.82 Å². The number of hydrogen-bond acceptors (Lipinski definition) is 4. The van der Waals surface area contributed by atoms with Gasteiger partial charge in [-0.2, -0.15) is 0 Å². The van der Waals surface area contributed by atoms with E-state index >= 15 is 0 Å². The van der Waals surface area contributed by atoms with Crippen LogP contribution in [0.5, 0.6) is 11.5 Å². The van der Waals surface area contributed by atoms with Crippen molar-refractivity contribution in [2.45, 2.75) is 43.8 Å². The predicted octanol–water partition coefficient (Wildman–Crippen LogP) is 3.41. The lowest BCUT2D eigenvalue weighted by molar-refractivity contribution is 0.0549. The first-order valence-electron chi connectivity index (χ1n) is 10.1. The maximum absolute atomic E-state index is 13.2. The van der Waals surface area contributed by atoms with E-state index in [0.717, 1.165) is 12.8 Å². The number of benzene rings is 2. The van der Waals surface area contributed by atoms with Crippen LogP contribution in [0.15, 0.2) is 42.5 Å². The Morgan fingerprint density at radius 3 is 2.13 bits per heavy atom. The molecule has 2 unspecified atom stereocenters. The van der Waals surface area contributed by atoms with Gasteiger partial charge in [0.25, 0.3) is 11.8 Å². The molecule has 2 saturated heterocycles. The Labute approximate surface area is 175 Å². The van der Waals surface area contributed by atoms with E-state index in [-0.39, 0.29) is 35.8 Å². The molecule has 2 aromatic carbocycles. The summed E-state index contributed by atoms with van der Waals surface area (Å²) in [5.74, 6) is 0.508. The molecule has 6 nitrogen and oxygen atoms in total. The fourth-order valence-electron chi connectivity index (χ4n) is 4.61. The van der Waals surface area contributed by atoms with Gasteiger partial charge in [0.15, 0.2) is 11.5 Å². The molecule has 4 rings (SSSR count). The van der Waals surface area contributed by atoms with Gasteiger partial charge in [0, 0.05) is 29.3 Å². The van der Waals surface area contributed by atoms with Crippen LogP contribution >= 0.6 is 0 Å². The standard InChI is InChI=1S/C23H25FN2O4/c1-29-20-10-5-15(11-21(20)30-2)23(28)26-18-8-9-19(26)13-17(12-18)25-22(27)14-3-6-16(24)7-4-14/h3-7,10-11,17-19H,8-9,12-13H2,1-2H3,(H,25,27). The van der Waals surface area contributed by atoms with Crippen molar-refractivity contribution >= 4 is 11.8 Å². The summed E-state index contributed by atoms with van der Waals surface area (Å²) in [4.78, 5) is 27.7. The van der Waals surface area contributed by atoms with E-state index < -0.39 is 0 Å². The van der Waals surface area contributed by atoms with Crippen molar-refractivity contribution < 1.29 is 23.5 Å². The van der Waals surface area contributed by atoms with E-state index in [2.05, 4.69) is 5.32 Å². The van der Waals surface area contributed by atoms with Crippen LogP contribution in [0, 0.1) is 5.82 Å². The van der Waals surface area contributed by atoms with Gasteiger partial charge in [-0.1, -0.05) is 0 Å². The highest BCUT2D eigenvalue weighted by molar-refractivity contribution is 5.96. The molecule has 2 aromatic rings. The molecular formula is C23H25FN2O4. The van der Waals surface area contributed by atoms with Crippen molar-refractivity contribution in [3.8, 4) is 11.5 Å². The number of nitrogens with zero attached hydrogens (tertiary/aromatic N) is 1. The van der Waals surface area contributed by atoms with Crippen LogP contribution in [0.4, 0.5) is 4.39 Å². The van der Waals surface area contributed by atoms with Crippen LogP contribution in [0.25, 0.3) is 0 Å². The van der Waals surface area contributed by atoms with Crippen molar-refractivity contribution in [2.24, 2.45) is 0 Å². The largest absolute Gasteiger partial charge is 0.493 e. The van der Waals surface area contributed by atoms with Crippen LogP contribution in [0.2, 0.25) is 0 Å². The van der Waals surface area contributed by atoms with E-state index in [0.29, 0.717) is 35.5 Å². The Kier molecular flexibility index (Phi) is 5.61. The van der Waals surface area contributed by atoms with Gasteiger partial charge >= 0.3 is 0 Å². The first-order valence-corrected chi connectivity index (χ1v) is 10.1. The van der Waals surface area contributed by atoms with Crippen molar-refractivity contribution in [2.75, 3.05) is 14.2 Å². The highest BCUT2D eigenvalue weighted by atomic mass is 19.1. The van der Waals surface area contributed by atoms with Crippen LogP contribution in [-0.4, -0.2) is 49.1 Å². The number of halogens is 1. The Morgan fingerprint density at radius 2 is 1.53 bits per heavy atom. The van der Waals surface area contributed by atoms with Gasteiger partial charge in [-0.05, 0) is 68.1 Å². The fraction of sp³-hybridized carbons (Fsp3) is 0.391. The quantitative estimate of drug-likeness (QED) is 0.817. The SMILES string of the molecule is COc1ccc(C(=O)N2C3CCC2CC(NC(=O)c2ccc(F)cc2)C3)cc1OC. The number of piperidine rings is 1. The maximum Gasteiger partial charge on any atom is 0.254 e. The zero-order chi connectivity index (χ0) is 21.3. The van der Waals surface area contributed by atoms with Crippen molar-refractivity contribution in [1.29, 1.82) is 0 Å². The number of rotatable bonds is 5. The van der Waals surface area contributed by atoms with Crippen LogP contribution in [0.1, 0.15) is 46.4 Å². The maximum atomic E-state index is 13.2. The normalized spacial score (nSPS) is 22.5. The summed E-state index contributed by atoms with van der Waals surface area (Å²) < 4.78 is 23.7. The molecule has 2 heterocycles. The average molecular weight is 412 g/mol. The molecule has 0 aliphatic carbocycles. The Bertz CT molecular complexity index is 933. The lowest BCUT2D eigenvalue weighted by Crippen LogP contribution is -2.52. The van der Waals surface area contributed by atoms with E-state index in [1.54, 1.807) is 32.4 Å². The Balaban J connectivity index is 1.44. The molecule has 7 heteroatoms. The number of amides is 2. The highest BCUT2D eigenvalue weighted by Crippen LogP contribution is 2.38. The Morgan fingerprint density at radius 1 is 0.933 bits per heavy atom. The molecule has 1 N–H and O–H groups in total. The lowest BCUT2D eigenvalue weighted by atomic mass is 9.95. The minimum absolute atomic E-state index is 0.00509. The van der Waals surface area contributed by atoms with Gasteiger partial charge in [-0.3, -0.25) is 9.59 Å². The summed E-state index contributed by atoms with van der Waals surface area (Å²) in [6, 6.07) is 10.9. The zero-order valence-corrected chi connectivity index (χ0v) is 17.1. The minimum Gasteiger partial charge on any atom is -0.493 e. The van der Waals surface area contributed by atoms with Crippen molar-refractivity contribution in [3.05, 3.63) is 59.4 Å². The fourth-order valence-corrected chi connectivity index (χ4v) is 4.61. The molecule has 2 fully saturated rings. The number of fused-ring (bicyclic) bond motifs is 2. The van der Waals surface area contributed by atoms with Gasteiger partial charge in [0.2, 0.25) is 0 Å². The van der Waals surface area contributed by atoms with Gasteiger partial charge in [-0.15, -0.1) is 0 Å². The second-order valence-electron chi connectivity index (χ2n) is 7.82. The molecule has 158 valence electrons. The Hall–Kier alpha value is -3.09. The summed E-state index contributed by atoms with van der Waals surface area (Å²) in [5, 5.41) is 3.05. The third-order valence-electron chi connectivity index (χ3n) is 6.04. The van der Waals surface area contributed by atoms with Crippen LogP contribution in [0.3, 0.4) is 0 Å². The van der Waals surface area contributed by atoms with Crippen LogP contribution in [-0.2, 0) is 0 Å².